The van der Waals surface area contributed by atoms with E-state index in [1.165, 1.54) is 24.3 Å². The number of carboxylic acid groups (broad SMARTS) is 1. The van der Waals surface area contributed by atoms with Crippen LogP contribution < -0.4 is 20.9 Å². The summed E-state index contributed by atoms with van der Waals surface area (Å²) in [5.74, 6) is -1.48. The monoisotopic (exact) mass is 491 g/mol. The van der Waals surface area contributed by atoms with Crippen LogP contribution in [0.2, 0.25) is 0 Å². The average molecular weight is 491 g/mol. The Labute approximate surface area is 190 Å². The minimum absolute atomic E-state index is 0.0391. The molecule has 1 aliphatic heterocycles. The standard InChI is InChI=1S/C19H23FN3O9P/c1-11(17(26)27)22-33(29,32-12-6-4-3-5-7-12)30-10-19(2)15(25)14(20)16(31-19)23-9-8-13(24)21-18(23)28/h3-9,11,14-16,25H,10H2,1-2H3,(H,22,29)(H,26,27)(H,21,24,28)/t11?,14-,15+,16-,19-,33?/m1/s1/i2D3,13+1. The number of rotatable bonds is 9. The summed E-state index contributed by atoms with van der Waals surface area (Å²) in [4.78, 5) is 36.6. The third kappa shape index (κ3) is 5.57. The van der Waals surface area contributed by atoms with Crippen LogP contribution in [-0.2, 0) is 18.6 Å². The van der Waals surface area contributed by atoms with Gasteiger partial charge in [-0.3, -0.25) is 23.7 Å². The van der Waals surface area contributed by atoms with Crippen LogP contribution in [-0.4, -0.2) is 56.3 Å². The zero-order valence-corrected chi connectivity index (χ0v) is 18.0. The van der Waals surface area contributed by atoms with Crippen LogP contribution in [0.15, 0.2) is 52.2 Å². The number of hydrogen-bond acceptors (Lipinski definition) is 8. The Morgan fingerprint density at radius 1 is 1.42 bits per heavy atom. The summed E-state index contributed by atoms with van der Waals surface area (Å²) in [6, 6.07) is 6.70. The molecule has 1 saturated heterocycles. The van der Waals surface area contributed by atoms with Gasteiger partial charge in [0, 0.05) is 16.4 Å². The molecular formula is C19H23FN3O9P. The number of carboxylic acids is 1. The van der Waals surface area contributed by atoms with Gasteiger partial charge in [-0.05, 0) is 25.9 Å². The van der Waals surface area contributed by atoms with Gasteiger partial charge in [-0.15, -0.1) is 0 Å². The summed E-state index contributed by atoms with van der Waals surface area (Å²) >= 11 is 0. The molecule has 0 saturated carbocycles. The molecule has 1 aromatic heterocycles. The van der Waals surface area contributed by atoms with Crippen molar-refractivity contribution in [1.82, 2.24) is 14.6 Å². The van der Waals surface area contributed by atoms with E-state index in [-0.39, 0.29) is 5.75 Å². The first kappa shape index (κ1) is 20.8. The predicted octanol–water partition coefficient (Wildman–Crippen LogP) is 0.789. The molecule has 14 heteroatoms. The average Bonchev–Trinajstić information content (AvgIpc) is 3.04. The van der Waals surface area contributed by atoms with Gasteiger partial charge in [-0.2, -0.15) is 5.09 Å². The van der Waals surface area contributed by atoms with Crippen LogP contribution >= 0.6 is 7.75 Å². The first-order valence-corrected chi connectivity index (χ1v) is 11.0. The third-order valence-corrected chi connectivity index (χ3v) is 6.27. The predicted molar refractivity (Wildman–Crippen MR) is 112 cm³/mol. The van der Waals surface area contributed by atoms with Crippen LogP contribution in [0.25, 0.3) is 0 Å². The summed E-state index contributed by atoms with van der Waals surface area (Å²) in [6.07, 6.45) is -6.09. The Balaban J connectivity index is 1.97. The summed E-state index contributed by atoms with van der Waals surface area (Å²) in [7, 11) is -4.68. The molecule has 1 aromatic carbocycles. The molecule has 1 fully saturated rings. The summed E-state index contributed by atoms with van der Waals surface area (Å²) in [5.41, 5.74) is -4.83. The minimum Gasteiger partial charge on any atom is -0.480 e. The fourth-order valence-electron chi connectivity index (χ4n) is 2.90. The number of aliphatic carboxylic acids is 1. The van der Waals surface area contributed by atoms with Crippen LogP contribution in [0.5, 0.6) is 5.75 Å². The molecule has 4 N–H and O–H groups in total. The van der Waals surface area contributed by atoms with Crippen molar-refractivity contribution in [3.63, 3.8) is 0 Å². The van der Waals surface area contributed by atoms with Gasteiger partial charge in [-0.25, -0.2) is 13.8 Å². The topological polar surface area (TPSA) is 169 Å². The lowest BCUT2D eigenvalue weighted by Gasteiger charge is -2.30. The molecule has 180 valence electrons. The van der Waals surface area contributed by atoms with Crippen LogP contribution in [0, 0.1) is 0 Å². The molecule has 2 aromatic rings. The number of alkyl halides is 1. The molecule has 3 rings (SSSR count). The summed E-state index contributed by atoms with van der Waals surface area (Å²) in [5, 5.41) is 21.9. The van der Waals surface area contributed by atoms with Gasteiger partial charge in [0.05, 0.1) is 6.61 Å². The van der Waals surface area contributed by atoms with E-state index in [4.69, 9.17) is 17.9 Å². The third-order valence-electron chi connectivity index (χ3n) is 4.65. The van der Waals surface area contributed by atoms with Crippen LogP contribution in [0.3, 0.4) is 0 Å². The lowest BCUT2D eigenvalue weighted by molar-refractivity contribution is -0.138. The van der Waals surface area contributed by atoms with Gasteiger partial charge in [-0.1, -0.05) is 18.2 Å². The molecule has 2 heterocycles. The van der Waals surface area contributed by atoms with E-state index in [9.17, 15) is 29.2 Å². The molecular weight excluding hydrogens is 465 g/mol. The quantitative estimate of drug-likeness (QED) is 0.368. The van der Waals surface area contributed by atoms with Crippen molar-refractivity contribution in [2.24, 2.45) is 0 Å². The second kappa shape index (κ2) is 9.57. The molecule has 2 unspecified atom stereocenters. The van der Waals surface area contributed by atoms with E-state index in [0.717, 1.165) is 19.2 Å². The van der Waals surface area contributed by atoms with Gasteiger partial charge in [0.1, 0.15) is 23.5 Å². The number of carbonyl (C=O) groups is 1. The van der Waals surface area contributed by atoms with Gasteiger partial charge >= 0.3 is 19.4 Å². The van der Waals surface area contributed by atoms with Crippen molar-refractivity contribution in [2.45, 2.75) is 43.9 Å². The van der Waals surface area contributed by atoms with Crippen LogP contribution in [0.4, 0.5) is 4.39 Å². The highest BCUT2D eigenvalue weighted by Crippen LogP contribution is 2.48. The lowest BCUT2D eigenvalue weighted by Crippen LogP contribution is -2.44. The number of aliphatic hydroxyl groups is 1. The molecule has 33 heavy (non-hydrogen) atoms. The Morgan fingerprint density at radius 3 is 2.73 bits per heavy atom. The van der Waals surface area contributed by atoms with E-state index < -0.39 is 68.6 Å². The molecule has 0 amide bonds. The second-order valence-corrected chi connectivity index (χ2v) is 8.86. The Kier molecular flexibility index (Phi) is 6.02. The number of aliphatic hydroxyl groups excluding tert-OH is 1. The Bertz CT molecular complexity index is 1260. The van der Waals surface area contributed by atoms with Crippen molar-refractivity contribution >= 4 is 13.7 Å². The van der Waals surface area contributed by atoms with E-state index in [2.05, 4.69) is 5.09 Å². The number of nitrogens with one attached hydrogen (secondary N) is 2. The number of para-hydroxylation sites is 1. The highest BCUT2D eigenvalue weighted by atomic mass is 31.2. The van der Waals surface area contributed by atoms with Crippen molar-refractivity contribution < 1.29 is 41.9 Å². The first-order valence-electron chi connectivity index (χ1n) is 11.0. The zero-order valence-electron chi connectivity index (χ0n) is 20.1. The van der Waals surface area contributed by atoms with Gasteiger partial charge in [0.2, 0.25) is 0 Å². The van der Waals surface area contributed by atoms with E-state index in [1.807, 2.05) is 4.98 Å². The lowest BCUT2D eigenvalue weighted by atomic mass is 9.99. The number of aromatic nitrogens is 2. The molecule has 12 nitrogen and oxygen atoms in total. The maximum atomic E-state index is 15.1. The number of hydrogen-bond donors (Lipinski definition) is 4. The fourth-order valence-corrected chi connectivity index (χ4v) is 4.43. The SMILES string of the molecule is [2H]C([2H])([2H])[C@]1(COP(=O)(NC(C)C(=O)O)Oc2ccccc2)O[C@@H](n2cc[13c](=O)[nH]c2=O)[C@H](F)[C@@H]1O. The van der Waals surface area contributed by atoms with E-state index >= 15 is 4.39 Å². The molecule has 0 aliphatic carbocycles. The summed E-state index contributed by atoms with van der Waals surface area (Å²) in [6.45, 7) is -3.47. The zero-order chi connectivity index (χ0) is 26.9. The highest BCUT2D eigenvalue weighted by Gasteiger charge is 2.54. The Hall–Kier alpha value is -2.83. The maximum absolute atomic E-state index is 15.1. The molecule has 0 bridgehead atoms. The van der Waals surface area contributed by atoms with Crippen molar-refractivity contribution in [1.29, 1.82) is 0 Å². The normalized spacial score (nSPS) is 29.3. The van der Waals surface area contributed by atoms with Crippen molar-refractivity contribution in [3.8, 4) is 5.75 Å². The number of halogens is 1. The molecule has 0 radical (unpaired) electrons. The highest BCUT2D eigenvalue weighted by molar-refractivity contribution is 7.52. The number of ether oxygens (including phenoxy) is 1. The smallest absolute Gasteiger partial charge is 0.459 e. The summed E-state index contributed by atoms with van der Waals surface area (Å²) < 4.78 is 68.6. The number of benzene rings is 1. The van der Waals surface area contributed by atoms with Crippen LogP contribution in [0.1, 0.15) is 24.1 Å². The number of nitrogens with zero attached hydrogens (tertiary/aromatic N) is 1. The maximum Gasteiger partial charge on any atom is 0.459 e. The van der Waals surface area contributed by atoms with Gasteiger partial charge < -0.3 is 19.5 Å². The fraction of sp³-hybridized carbons (Fsp3) is 0.421. The van der Waals surface area contributed by atoms with Crippen molar-refractivity contribution in [2.75, 3.05) is 6.61 Å². The minimum atomic E-state index is -4.68. The van der Waals surface area contributed by atoms with Gasteiger partial charge in [0.25, 0.3) is 5.56 Å². The second-order valence-electron chi connectivity index (χ2n) is 7.17. The van der Waals surface area contributed by atoms with E-state index in [1.54, 1.807) is 6.07 Å². The first-order chi connectivity index (χ1) is 16.7. The molecule has 6 atom stereocenters. The molecule has 1 aliphatic rings. The van der Waals surface area contributed by atoms with Gasteiger partial charge in [0.15, 0.2) is 12.4 Å². The largest absolute Gasteiger partial charge is 0.480 e. The molecule has 0 spiro atoms. The number of H-pyrrole nitrogens is 1. The van der Waals surface area contributed by atoms with Crippen molar-refractivity contribution in [3.05, 3.63) is 63.4 Å². The van der Waals surface area contributed by atoms with E-state index in [0.29, 0.717) is 4.57 Å². The number of aromatic amines is 1. The Morgan fingerprint density at radius 2 is 2.12 bits per heavy atom.